The van der Waals surface area contributed by atoms with Gasteiger partial charge in [-0.2, -0.15) is 0 Å². The zero-order chi connectivity index (χ0) is 15.7. The van der Waals surface area contributed by atoms with Gasteiger partial charge in [-0.1, -0.05) is 0 Å². The largest absolute Gasteiger partial charge is 0.481 e. The van der Waals surface area contributed by atoms with Gasteiger partial charge >= 0.3 is 23.9 Å². The standard InChI is InChI=1S/C10H16N2O8/c1-11-6(10(18)19)4-8(15)20-12-5(9(16)17)2-3-7(13)14/h5-6,11-12H,2-4H2,1H3,(H,13,14)(H,16,17)(H,18,19)/t5-,6-/m0/s1. The number of carboxylic acids is 3. The average molecular weight is 292 g/mol. The number of likely N-dealkylation sites (N-methyl/N-ethyl adjacent to an activating group) is 1. The third-order valence-electron chi connectivity index (χ3n) is 2.28. The van der Waals surface area contributed by atoms with E-state index in [1.54, 1.807) is 0 Å². The van der Waals surface area contributed by atoms with E-state index in [0.717, 1.165) is 0 Å². The highest BCUT2D eigenvalue weighted by Crippen LogP contribution is 2.00. The minimum absolute atomic E-state index is 0.285. The van der Waals surface area contributed by atoms with Crippen LogP contribution in [0.25, 0.3) is 0 Å². The van der Waals surface area contributed by atoms with Gasteiger partial charge in [0.1, 0.15) is 12.1 Å². The fourth-order valence-electron chi connectivity index (χ4n) is 1.16. The van der Waals surface area contributed by atoms with E-state index in [0.29, 0.717) is 0 Å². The van der Waals surface area contributed by atoms with E-state index < -0.39 is 48.8 Å². The molecular weight excluding hydrogens is 276 g/mol. The Balaban J connectivity index is 4.26. The highest BCUT2D eigenvalue weighted by atomic mass is 16.7. The average Bonchev–Trinajstić information content (AvgIpc) is 2.34. The highest BCUT2D eigenvalue weighted by Gasteiger charge is 2.23. The molecule has 20 heavy (non-hydrogen) atoms. The fraction of sp³-hybridized carbons (Fsp3) is 0.600. The number of nitrogens with one attached hydrogen (secondary N) is 2. The monoisotopic (exact) mass is 292 g/mol. The molecule has 0 aromatic rings. The van der Waals surface area contributed by atoms with Crippen LogP contribution in [0.4, 0.5) is 0 Å². The molecule has 0 aromatic carbocycles. The summed E-state index contributed by atoms with van der Waals surface area (Å²) in [7, 11) is 1.34. The molecule has 0 unspecified atom stereocenters. The van der Waals surface area contributed by atoms with Crippen LogP contribution in [0.5, 0.6) is 0 Å². The first kappa shape index (κ1) is 17.8. The topological polar surface area (TPSA) is 162 Å². The summed E-state index contributed by atoms with van der Waals surface area (Å²) in [5.74, 6) is -4.81. The lowest BCUT2D eigenvalue weighted by Crippen LogP contribution is -2.41. The lowest BCUT2D eigenvalue weighted by atomic mass is 10.2. The van der Waals surface area contributed by atoms with Gasteiger partial charge in [-0.15, -0.1) is 5.48 Å². The van der Waals surface area contributed by atoms with Crippen LogP contribution in [0, 0.1) is 0 Å². The van der Waals surface area contributed by atoms with Crippen LogP contribution >= 0.6 is 0 Å². The van der Waals surface area contributed by atoms with Gasteiger partial charge in [-0.3, -0.25) is 19.2 Å². The van der Waals surface area contributed by atoms with Crippen molar-refractivity contribution in [2.45, 2.75) is 31.3 Å². The molecule has 0 radical (unpaired) electrons. The molecule has 0 spiro atoms. The van der Waals surface area contributed by atoms with Gasteiger partial charge in [0.15, 0.2) is 0 Å². The summed E-state index contributed by atoms with van der Waals surface area (Å²) in [6.07, 6.45) is -1.22. The molecule has 0 aromatic heterocycles. The number of rotatable bonds is 10. The Morgan fingerprint density at radius 2 is 1.60 bits per heavy atom. The second-order valence-corrected chi connectivity index (χ2v) is 3.80. The molecule has 0 aliphatic heterocycles. The van der Waals surface area contributed by atoms with Crippen molar-refractivity contribution in [2.75, 3.05) is 7.05 Å². The van der Waals surface area contributed by atoms with Crippen LogP contribution in [-0.2, 0) is 24.0 Å². The van der Waals surface area contributed by atoms with Crippen molar-refractivity contribution in [3.63, 3.8) is 0 Å². The molecule has 114 valence electrons. The van der Waals surface area contributed by atoms with E-state index in [-0.39, 0.29) is 6.42 Å². The molecule has 0 aliphatic rings. The first-order valence-corrected chi connectivity index (χ1v) is 5.57. The number of carbonyl (C=O) groups excluding carboxylic acids is 1. The Hall–Kier alpha value is -2.20. The minimum Gasteiger partial charge on any atom is -0.481 e. The predicted octanol–water partition coefficient (Wildman–Crippen LogP) is -1.59. The molecule has 0 fully saturated rings. The number of hydrogen-bond acceptors (Lipinski definition) is 7. The second kappa shape index (κ2) is 8.82. The summed E-state index contributed by atoms with van der Waals surface area (Å²) in [5.41, 5.74) is 1.91. The van der Waals surface area contributed by atoms with Gasteiger partial charge in [0.05, 0.1) is 6.42 Å². The summed E-state index contributed by atoms with van der Waals surface area (Å²) in [5, 5.41) is 28.2. The summed E-state index contributed by atoms with van der Waals surface area (Å²) in [4.78, 5) is 47.4. The Labute approximate surface area is 113 Å². The molecule has 0 aliphatic carbocycles. The molecular formula is C10H16N2O8. The van der Waals surface area contributed by atoms with Crippen molar-refractivity contribution in [2.24, 2.45) is 0 Å². The quantitative estimate of drug-likeness (QED) is 0.297. The Morgan fingerprint density at radius 3 is 2.00 bits per heavy atom. The molecule has 10 nitrogen and oxygen atoms in total. The number of carbonyl (C=O) groups is 4. The van der Waals surface area contributed by atoms with E-state index in [1.807, 2.05) is 5.48 Å². The maximum Gasteiger partial charge on any atom is 0.326 e. The molecule has 0 saturated carbocycles. The molecule has 10 heteroatoms. The van der Waals surface area contributed by atoms with Gasteiger partial charge < -0.3 is 25.5 Å². The SMILES string of the molecule is CN[C@@H](CC(=O)ON[C@@H](CCC(=O)O)C(=O)O)C(=O)O. The Bertz CT molecular complexity index is 383. The van der Waals surface area contributed by atoms with Crippen molar-refractivity contribution < 1.29 is 39.3 Å². The van der Waals surface area contributed by atoms with Crippen LogP contribution in [0.1, 0.15) is 19.3 Å². The van der Waals surface area contributed by atoms with E-state index in [4.69, 9.17) is 15.3 Å². The van der Waals surface area contributed by atoms with Crippen molar-refractivity contribution in [3.05, 3.63) is 0 Å². The van der Waals surface area contributed by atoms with Crippen molar-refractivity contribution in [1.29, 1.82) is 0 Å². The summed E-state index contributed by atoms with van der Waals surface area (Å²) in [6.45, 7) is 0. The molecule has 2 atom stereocenters. The minimum atomic E-state index is -1.39. The van der Waals surface area contributed by atoms with E-state index in [2.05, 4.69) is 10.2 Å². The van der Waals surface area contributed by atoms with Gasteiger partial charge in [-0.25, -0.2) is 0 Å². The highest BCUT2D eigenvalue weighted by molar-refractivity contribution is 5.81. The van der Waals surface area contributed by atoms with Gasteiger partial charge in [-0.05, 0) is 13.5 Å². The van der Waals surface area contributed by atoms with E-state index in [1.165, 1.54) is 7.05 Å². The number of hydroxylamine groups is 1. The van der Waals surface area contributed by atoms with Crippen molar-refractivity contribution in [1.82, 2.24) is 10.8 Å². The Morgan fingerprint density at radius 1 is 1.05 bits per heavy atom. The zero-order valence-corrected chi connectivity index (χ0v) is 10.7. The van der Waals surface area contributed by atoms with Crippen LogP contribution in [-0.4, -0.2) is 58.3 Å². The molecule has 5 N–H and O–H groups in total. The molecule has 0 amide bonds. The second-order valence-electron chi connectivity index (χ2n) is 3.80. The smallest absolute Gasteiger partial charge is 0.326 e. The van der Waals surface area contributed by atoms with Crippen LogP contribution in [0.2, 0.25) is 0 Å². The van der Waals surface area contributed by atoms with E-state index >= 15 is 0 Å². The van der Waals surface area contributed by atoms with Gasteiger partial charge in [0, 0.05) is 6.42 Å². The molecule has 0 heterocycles. The summed E-state index contributed by atoms with van der Waals surface area (Å²) >= 11 is 0. The lowest BCUT2D eigenvalue weighted by molar-refractivity contribution is -0.160. The van der Waals surface area contributed by atoms with Crippen LogP contribution < -0.4 is 10.8 Å². The summed E-state index contributed by atoms with van der Waals surface area (Å²) in [6, 6.07) is -2.54. The van der Waals surface area contributed by atoms with Crippen molar-refractivity contribution in [3.8, 4) is 0 Å². The lowest BCUT2D eigenvalue weighted by Gasteiger charge is -2.14. The maximum atomic E-state index is 11.3. The third-order valence-corrected chi connectivity index (χ3v) is 2.28. The molecule has 0 saturated heterocycles. The first-order valence-electron chi connectivity index (χ1n) is 5.57. The number of carboxylic acid groups (broad SMARTS) is 3. The normalized spacial score (nSPS) is 13.2. The number of hydrogen-bond donors (Lipinski definition) is 5. The number of aliphatic carboxylic acids is 3. The van der Waals surface area contributed by atoms with Crippen LogP contribution in [0.3, 0.4) is 0 Å². The van der Waals surface area contributed by atoms with Gasteiger partial charge in [0.2, 0.25) is 0 Å². The van der Waals surface area contributed by atoms with Gasteiger partial charge in [0.25, 0.3) is 0 Å². The molecule has 0 rings (SSSR count). The third kappa shape index (κ3) is 7.28. The fourth-order valence-corrected chi connectivity index (χ4v) is 1.16. The zero-order valence-electron chi connectivity index (χ0n) is 10.7. The Kier molecular flexibility index (Phi) is 7.85. The summed E-state index contributed by atoms with van der Waals surface area (Å²) < 4.78 is 0. The van der Waals surface area contributed by atoms with Crippen molar-refractivity contribution >= 4 is 23.9 Å². The molecule has 0 bridgehead atoms. The first-order chi connectivity index (χ1) is 9.27. The predicted molar refractivity (Wildman–Crippen MR) is 62.6 cm³/mol. The van der Waals surface area contributed by atoms with Crippen LogP contribution in [0.15, 0.2) is 0 Å². The maximum absolute atomic E-state index is 11.3. The van der Waals surface area contributed by atoms with E-state index in [9.17, 15) is 19.2 Å².